The minimum Gasteiger partial charge on any atom is -0.335 e. The van der Waals surface area contributed by atoms with Gasteiger partial charge in [-0.25, -0.2) is 5.43 Å². The molecule has 0 spiro atoms. The van der Waals surface area contributed by atoms with Crippen LogP contribution < -0.4 is 5.43 Å². The highest BCUT2D eigenvalue weighted by Crippen LogP contribution is 2.27. The molecule has 3 aliphatic rings. The summed E-state index contributed by atoms with van der Waals surface area (Å²) in [6.45, 7) is 3.50. The number of hydrogen-bond donors (Lipinski definition) is 1. The largest absolute Gasteiger partial charge is 0.335 e. The number of rotatable bonds is 2. The maximum Gasteiger partial charge on any atom is 0.270 e. The molecule has 0 aromatic rings. The molecule has 0 radical (unpaired) electrons. The van der Waals surface area contributed by atoms with Crippen LogP contribution in [-0.2, 0) is 9.59 Å². The normalized spacial score (nSPS) is 25.7. The van der Waals surface area contributed by atoms with Crippen molar-refractivity contribution < 1.29 is 9.59 Å². The molecule has 0 aromatic heterocycles. The van der Waals surface area contributed by atoms with E-state index in [1.165, 1.54) is 12.8 Å². The number of piperazine rings is 1. The van der Waals surface area contributed by atoms with E-state index in [9.17, 15) is 9.59 Å². The number of carbonyl (C=O) groups is 2. The summed E-state index contributed by atoms with van der Waals surface area (Å²) in [5.41, 5.74) is 2.88. The van der Waals surface area contributed by atoms with E-state index in [4.69, 9.17) is 0 Å². The van der Waals surface area contributed by atoms with E-state index in [0.29, 0.717) is 18.6 Å². The van der Waals surface area contributed by atoms with Crippen molar-refractivity contribution in [1.82, 2.24) is 15.2 Å². The third-order valence-electron chi connectivity index (χ3n) is 3.82. The van der Waals surface area contributed by atoms with Crippen LogP contribution >= 0.6 is 0 Å². The van der Waals surface area contributed by atoms with E-state index in [1.54, 1.807) is 0 Å². The van der Waals surface area contributed by atoms with Crippen LogP contribution in [0.3, 0.4) is 0 Å². The lowest BCUT2D eigenvalue weighted by Crippen LogP contribution is -2.51. The van der Waals surface area contributed by atoms with E-state index in [1.807, 2.05) is 4.90 Å². The zero-order valence-corrected chi connectivity index (χ0v) is 10.4. The van der Waals surface area contributed by atoms with Crippen molar-refractivity contribution in [2.24, 2.45) is 5.10 Å². The average Bonchev–Trinajstić information content (AvgIpc) is 3.23. The summed E-state index contributed by atoms with van der Waals surface area (Å²) in [7, 11) is 0. The lowest BCUT2D eigenvalue weighted by atomic mass is 10.1. The molecule has 2 aliphatic heterocycles. The summed E-state index contributed by atoms with van der Waals surface area (Å²) < 4.78 is 0. The van der Waals surface area contributed by atoms with Crippen LogP contribution in [0, 0.1) is 0 Å². The molecule has 1 aliphatic carbocycles. The maximum absolute atomic E-state index is 12.2. The van der Waals surface area contributed by atoms with Crippen LogP contribution in [0.15, 0.2) is 5.10 Å². The second-order valence-electron chi connectivity index (χ2n) is 5.15. The molecule has 0 bridgehead atoms. The fraction of sp³-hybridized carbons (Fsp3) is 0.750. The molecule has 2 fully saturated rings. The molecule has 1 saturated heterocycles. The van der Waals surface area contributed by atoms with Gasteiger partial charge in [-0.15, -0.1) is 0 Å². The van der Waals surface area contributed by atoms with Gasteiger partial charge in [-0.2, -0.15) is 5.10 Å². The molecule has 2 amide bonds. The molecule has 3 rings (SSSR count). The first-order valence-electron chi connectivity index (χ1n) is 6.63. The number of nitrogens with one attached hydrogen (secondary N) is 1. The van der Waals surface area contributed by atoms with Crippen molar-refractivity contribution in [2.75, 3.05) is 26.2 Å². The van der Waals surface area contributed by atoms with Gasteiger partial charge in [0.2, 0.25) is 5.91 Å². The van der Waals surface area contributed by atoms with Gasteiger partial charge in [0.25, 0.3) is 5.91 Å². The van der Waals surface area contributed by atoms with Crippen molar-refractivity contribution in [3.05, 3.63) is 0 Å². The quantitative estimate of drug-likeness (QED) is 0.722. The standard InChI is InChI=1S/C12H18N4O2/c17-11-4-3-10(13-14-11)12(18)16-7-5-15(6-8-16)9-1-2-9/h9H,1-8H2,(H,14,17). The van der Waals surface area contributed by atoms with Crippen molar-refractivity contribution in [3.8, 4) is 0 Å². The molecule has 6 nitrogen and oxygen atoms in total. The predicted molar refractivity (Wildman–Crippen MR) is 66.0 cm³/mol. The third-order valence-corrected chi connectivity index (χ3v) is 3.82. The summed E-state index contributed by atoms with van der Waals surface area (Å²) in [6.07, 6.45) is 3.46. The highest BCUT2D eigenvalue weighted by atomic mass is 16.2. The monoisotopic (exact) mass is 250 g/mol. The topological polar surface area (TPSA) is 65.0 Å². The van der Waals surface area contributed by atoms with Gasteiger partial charge in [0.15, 0.2) is 0 Å². The van der Waals surface area contributed by atoms with E-state index < -0.39 is 0 Å². The molecule has 2 heterocycles. The molecule has 1 N–H and O–H groups in total. The molecule has 18 heavy (non-hydrogen) atoms. The molecular formula is C12H18N4O2. The second-order valence-corrected chi connectivity index (χ2v) is 5.15. The average molecular weight is 250 g/mol. The molecule has 0 atom stereocenters. The lowest BCUT2D eigenvalue weighted by Gasteiger charge is -2.35. The first-order chi connectivity index (χ1) is 8.74. The second kappa shape index (κ2) is 4.68. The predicted octanol–water partition coefficient (Wildman–Crippen LogP) is -0.441. The summed E-state index contributed by atoms with van der Waals surface area (Å²) in [4.78, 5) is 27.5. The van der Waals surface area contributed by atoms with Gasteiger partial charge in [-0.1, -0.05) is 0 Å². The van der Waals surface area contributed by atoms with Gasteiger partial charge in [0.05, 0.1) is 0 Å². The Kier molecular flexibility index (Phi) is 3.03. The van der Waals surface area contributed by atoms with Crippen molar-refractivity contribution in [2.45, 2.75) is 31.7 Å². The van der Waals surface area contributed by atoms with Crippen LogP contribution in [0.1, 0.15) is 25.7 Å². The van der Waals surface area contributed by atoms with Gasteiger partial charge in [0.1, 0.15) is 5.71 Å². The van der Waals surface area contributed by atoms with Crippen LogP contribution in [0.5, 0.6) is 0 Å². The zero-order valence-electron chi connectivity index (χ0n) is 10.4. The number of carbonyl (C=O) groups excluding carboxylic acids is 2. The van der Waals surface area contributed by atoms with Gasteiger partial charge in [-0.3, -0.25) is 14.5 Å². The van der Waals surface area contributed by atoms with Crippen LogP contribution in [0.25, 0.3) is 0 Å². The summed E-state index contributed by atoms with van der Waals surface area (Å²) in [6, 6.07) is 0.772. The number of hydrazone groups is 1. The molecule has 98 valence electrons. The number of nitrogens with zero attached hydrogens (tertiary/aromatic N) is 3. The van der Waals surface area contributed by atoms with E-state index in [-0.39, 0.29) is 11.8 Å². The molecule has 6 heteroatoms. The number of hydrogen-bond acceptors (Lipinski definition) is 4. The summed E-state index contributed by atoms with van der Waals surface area (Å²) in [5, 5.41) is 3.86. The SMILES string of the molecule is O=C1CCC(C(=O)N2CCN(C3CC3)CC2)=NN1. The lowest BCUT2D eigenvalue weighted by molar-refractivity contribution is -0.126. The fourth-order valence-corrected chi connectivity index (χ4v) is 2.54. The Morgan fingerprint density at radius 1 is 1.17 bits per heavy atom. The highest BCUT2D eigenvalue weighted by molar-refractivity contribution is 6.39. The van der Waals surface area contributed by atoms with Gasteiger partial charge in [-0.05, 0) is 12.8 Å². The summed E-state index contributed by atoms with van der Waals surface area (Å²) >= 11 is 0. The first-order valence-corrected chi connectivity index (χ1v) is 6.63. The summed E-state index contributed by atoms with van der Waals surface area (Å²) in [5.74, 6) is -0.115. The van der Waals surface area contributed by atoms with Gasteiger partial charge >= 0.3 is 0 Å². The molecular weight excluding hydrogens is 232 g/mol. The van der Waals surface area contributed by atoms with E-state index in [2.05, 4.69) is 15.4 Å². The Balaban J connectivity index is 1.55. The van der Waals surface area contributed by atoms with Crippen molar-refractivity contribution in [1.29, 1.82) is 0 Å². The minimum absolute atomic E-state index is 0.00885. The van der Waals surface area contributed by atoms with Gasteiger partial charge < -0.3 is 4.90 Å². The molecule has 0 unspecified atom stereocenters. The third kappa shape index (κ3) is 2.38. The van der Waals surface area contributed by atoms with Crippen LogP contribution in [-0.4, -0.2) is 59.5 Å². The Hall–Kier alpha value is -1.43. The first kappa shape index (κ1) is 11.6. The van der Waals surface area contributed by atoms with Crippen molar-refractivity contribution in [3.63, 3.8) is 0 Å². The Bertz CT molecular complexity index is 395. The minimum atomic E-state index is -0.106. The van der Waals surface area contributed by atoms with Gasteiger partial charge in [0, 0.05) is 45.1 Å². The van der Waals surface area contributed by atoms with E-state index >= 15 is 0 Å². The Labute approximate surface area is 106 Å². The fourth-order valence-electron chi connectivity index (χ4n) is 2.54. The Morgan fingerprint density at radius 3 is 2.44 bits per heavy atom. The van der Waals surface area contributed by atoms with Crippen LogP contribution in [0.2, 0.25) is 0 Å². The Morgan fingerprint density at radius 2 is 1.89 bits per heavy atom. The van der Waals surface area contributed by atoms with E-state index in [0.717, 1.165) is 32.2 Å². The smallest absolute Gasteiger partial charge is 0.270 e. The van der Waals surface area contributed by atoms with Crippen LogP contribution in [0.4, 0.5) is 0 Å². The zero-order chi connectivity index (χ0) is 12.5. The molecule has 1 saturated carbocycles. The highest BCUT2D eigenvalue weighted by Gasteiger charge is 2.33. The maximum atomic E-state index is 12.2. The van der Waals surface area contributed by atoms with Crippen molar-refractivity contribution >= 4 is 17.5 Å². The number of amides is 2. The molecule has 0 aromatic carbocycles.